The molecule has 0 saturated carbocycles. The summed E-state index contributed by atoms with van der Waals surface area (Å²) >= 11 is 0. The summed E-state index contributed by atoms with van der Waals surface area (Å²) in [7, 11) is 0. The average molecular weight is 341 g/mol. The van der Waals surface area contributed by atoms with Gasteiger partial charge in [-0.05, 0) is 23.8 Å². The Bertz CT molecular complexity index is 752. The molecule has 25 heavy (non-hydrogen) atoms. The number of carbonyl (C=O) groups excluding carboxylic acids is 3. The molecule has 3 amide bonds. The lowest BCUT2D eigenvalue weighted by Gasteiger charge is -2.10. The zero-order chi connectivity index (χ0) is 18.1. The van der Waals surface area contributed by atoms with Gasteiger partial charge in [0.2, 0.25) is 11.8 Å². The van der Waals surface area contributed by atoms with Crippen LogP contribution in [0.1, 0.15) is 18.2 Å². The smallest absolute Gasteiger partial charge is 0.268 e. The van der Waals surface area contributed by atoms with E-state index >= 15 is 0 Å². The Kier molecular flexibility index (Phi) is 6.53. The van der Waals surface area contributed by atoms with Crippen molar-refractivity contribution in [1.29, 1.82) is 0 Å². The first-order chi connectivity index (χ1) is 12.0. The Balaban J connectivity index is 1.91. The zero-order valence-corrected chi connectivity index (χ0v) is 13.7. The van der Waals surface area contributed by atoms with Crippen LogP contribution < -0.4 is 16.0 Å². The topological polar surface area (TPSA) is 100 Å². The van der Waals surface area contributed by atoms with E-state index in [9.17, 15) is 14.4 Å². The van der Waals surface area contributed by atoms with Gasteiger partial charge in [0.05, 0.1) is 19.4 Å². The van der Waals surface area contributed by atoms with Gasteiger partial charge in [0, 0.05) is 6.92 Å². The summed E-state index contributed by atoms with van der Waals surface area (Å²) in [6.07, 6.45) is 3.05. The molecule has 0 saturated heterocycles. The lowest BCUT2D eigenvalue weighted by molar-refractivity contribution is -0.125. The molecule has 0 aliphatic carbocycles. The molecule has 130 valence electrons. The van der Waals surface area contributed by atoms with E-state index in [1.807, 2.05) is 18.2 Å². The molecule has 1 heterocycles. The first-order valence-corrected chi connectivity index (χ1v) is 7.66. The van der Waals surface area contributed by atoms with Crippen LogP contribution in [0.5, 0.6) is 0 Å². The van der Waals surface area contributed by atoms with E-state index in [4.69, 9.17) is 4.42 Å². The lowest BCUT2D eigenvalue weighted by Crippen LogP contribution is -2.40. The maximum atomic E-state index is 12.2. The largest absolute Gasteiger partial charge is 0.467 e. The number of amides is 3. The number of rotatable bonds is 7. The molecule has 0 aliphatic rings. The first-order valence-electron chi connectivity index (χ1n) is 7.66. The van der Waals surface area contributed by atoms with Crippen molar-refractivity contribution >= 4 is 23.8 Å². The highest BCUT2D eigenvalue weighted by molar-refractivity contribution is 6.02. The van der Waals surface area contributed by atoms with Crippen molar-refractivity contribution in [2.75, 3.05) is 6.54 Å². The number of nitrogens with one attached hydrogen (secondary N) is 3. The summed E-state index contributed by atoms with van der Waals surface area (Å²) in [6, 6.07) is 12.5. The Hall–Kier alpha value is -3.35. The fourth-order valence-electron chi connectivity index (χ4n) is 1.98. The van der Waals surface area contributed by atoms with Gasteiger partial charge in [0.1, 0.15) is 11.5 Å². The van der Waals surface area contributed by atoms with Crippen molar-refractivity contribution in [3.8, 4) is 0 Å². The van der Waals surface area contributed by atoms with Gasteiger partial charge in [-0.1, -0.05) is 30.3 Å². The molecular formula is C18H19N3O4. The van der Waals surface area contributed by atoms with E-state index in [1.54, 1.807) is 24.3 Å². The van der Waals surface area contributed by atoms with Gasteiger partial charge in [-0.3, -0.25) is 14.4 Å². The minimum Gasteiger partial charge on any atom is -0.467 e. The summed E-state index contributed by atoms with van der Waals surface area (Å²) in [5, 5.41) is 7.56. The molecule has 7 heteroatoms. The summed E-state index contributed by atoms with van der Waals surface area (Å²) in [6.45, 7) is 1.33. The van der Waals surface area contributed by atoms with Gasteiger partial charge >= 0.3 is 0 Å². The van der Waals surface area contributed by atoms with E-state index in [0.717, 1.165) is 5.56 Å². The molecule has 0 radical (unpaired) electrons. The van der Waals surface area contributed by atoms with Gasteiger partial charge in [-0.15, -0.1) is 0 Å². The van der Waals surface area contributed by atoms with Gasteiger partial charge in [-0.2, -0.15) is 0 Å². The predicted molar refractivity (Wildman–Crippen MR) is 91.8 cm³/mol. The number of furan rings is 1. The highest BCUT2D eigenvalue weighted by Gasteiger charge is 2.12. The molecule has 0 spiro atoms. The van der Waals surface area contributed by atoms with Gasteiger partial charge in [-0.25, -0.2) is 0 Å². The fourth-order valence-corrected chi connectivity index (χ4v) is 1.98. The maximum Gasteiger partial charge on any atom is 0.268 e. The van der Waals surface area contributed by atoms with Crippen LogP contribution in [-0.4, -0.2) is 24.3 Å². The second-order valence-corrected chi connectivity index (χ2v) is 5.19. The third-order valence-electron chi connectivity index (χ3n) is 3.12. The van der Waals surface area contributed by atoms with E-state index in [2.05, 4.69) is 16.0 Å². The van der Waals surface area contributed by atoms with E-state index in [-0.39, 0.29) is 30.6 Å². The number of hydrogen-bond acceptors (Lipinski definition) is 4. The molecule has 0 bridgehead atoms. The predicted octanol–water partition coefficient (Wildman–Crippen LogP) is 1.19. The molecule has 1 aromatic carbocycles. The molecule has 2 aromatic rings. The Morgan fingerprint density at radius 2 is 1.80 bits per heavy atom. The summed E-state index contributed by atoms with van der Waals surface area (Å²) in [5.41, 5.74) is 0.821. The number of hydrogen-bond donors (Lipinski definition) is 3. The van der Waals surface area contributed by atoms with Crippen LogP contribution in [0, 0.1) is 0 Å². The van der Waals surface area contributed by atoms with Crippen LogP contribution in [0.25, 0.3) is 6.08 Å². The van der Waals surface area contributed by atoms with E-state index in [1.165, 1.54) is 19.3 Å². The van der Waals surface area contributed by atoms with Gasteiger partial charge < -0.3 is 20.4 Å². The van der Waals surface area contributed by atoms with Crippen LogP contribution in [0.4, 0.5) is 0 Å². The van der Waals surface area contributed by atoms with Crippen molar-refractivity contribution < 1.29 is 18.8 Å². The van der Waals surface area contributed by atoms with Crippen LogP contribution in [0.3, 0.4) is 0 Å². The molecule has 0 unspecified atom stereocenters. The van der Waals surface area contributed by atoms with Crippen molar-refractivity contribution in [2.24, 2.45) is 0 Å². The van der Waals surface area contributed by atoms with E-state index < -0.39 is 5.91 Å². The molecule has 3 N–H and O–H groups in total. The quantitative estimate of drug-likeness (QED) is 0.659. The Morgan fingerprint density at radius 3 is 2.44 bits per heavy atom. The second kappa shape index (κ2) is 9.07. The third-order valence-corrected chi connectivity index (χ3v) is 3.12. The molecule has 7 nitrogen and oxygen atoms in total. The molecule has 0 fully saturated rings. The summed E-state index contributed by atoms with van der Waals surface area (Å²) in [5.74, 6) is -0.680. The van der Waals surface area contributed by atoms with Gasteiger partial charge in [0.15, 0.2) is 0 Å². The van der Waals surface area contributed by atoms with Crippen LogP contribution in [0.15, 0.2) is 58.8 Å². The zero-order valence-electron chi connectivity index (χ0n) is 13.7. The van der Waals surface area contributed by atoms with E-state index in [0.29, 0.717) is 5.76 Å². The lowest BCUT2D eigenvalue weighted by atomic mass is 10.2. The van der Waals surface area contributed by atoms with Crippen molar-refractivity contribution in [1.82, 2.24) is 16.0 Å². The molecular weight excluding hydrogens is 322 g/mol. The third kappa shape index (κ3) is 6.34. The second-order valence-electron chi connectivity index (χ2n) is 5.19. The SMILES string of the molecule is CC(=O)N/C(=C\c1ccccc1)C(=O)NCC(=O)NCc1ccco1. The summed E-state index contributed by atoms with van der Waals surface area (Å²) < 4.78 is 5.10. The molecule has 2 rings (SSSR count). The Labute approximate surface area is 145 Å². The molecule has 1 aromatic heterocycles. The summed E-state index contributed by atoms with van der Waals surface area (Å²) in [4.78, 5) is 35.3. The fraction of sp³-hybridized carbons (Fsp3) is 0.167. The first kappa shape index (κ1) is 18.0. The maximum absolute atomic E-state index is 12.2. The van der Waals surface area contributed by atoms with Crippen molar-refractivity contribution in [2.45, 2.75) is 13.5 Å². The van der Waals surface area contributed by atoms with Gasteiger partial charge in [0.25, 0.3) is 5.91 Å². The van der Waals surface area contributed by atoms with Crippen molar-refractivity contribution in [3.05, 3.63) is 65.7 Å². The standard InChI is InChI=1S/C18H19N3O4/c1-13(22)21-16(10-14-6-3-2-4-7-14)18(24)20-12-17(23)19-11-15-8-5-9-25-15/h2-10H,11-12H2,1H3,(H,19,23)(H,20,24)(H,21,22)/b16-10-. The number of benzene rings is 1. The minimum absolute atomic E-state index is 0.0672. The van der Waals surface area contributed by atoms with Crippen LogP contribution in [-0.2, 0) is 20.9 Å². The highest BCUT2D eigenvalue weighted by Crippen LogP contribution is 2.05. The number of carbonyl (C=O) groups is 3. The van der Waals surface area contributed by atoms with Crippen LogP contribution in [0.2, 0.25) is 0 Å². The van der Waals surface area contributed by atoms with Crippen LogP contribution >= 0.6 is 0 Å². The minimum atomic E-state index is -0.549. The normalized spacial score (nSPS) is 10.8. The molecule has 0 atom stereocenters. The monoisotopic (exact) mass is 341 g/mol. The molecule has 0 aliphatic heterocycles. The highest BCUT2D eigenvalue weighted by atomic mass is 16.3. The average Bonchev–Trinajstić information content (AvgIpc) is 3.11. The van der Waals surface area contributed by atoms with Crippen molar-refractivity contribution in [3.63, 3.8) is 0 Å². The Morgan fingerprint density at radius 1 is 1.04 bits per heavy atom.